The van der Waals surface area contributed by atoms with Crippen LogP contribution in [0.3, 0.4) is 0 Å². The molecule has 1 saturated heterocycles. The highest BCUT2D eigenvalue weighted by atomic mass is 16.5. The lowest BCUT2D eigenvalue weighted by Crippen LogP contribution is -2.47. The van der Waals surface area contributed by atoms with Crippen molar-refractivity contribution in [1.82, 2.24) is 10.6 Å². The zero-order valence-electron chi connectivity index (χ0n) is 14.2. The predicted molar refractivity (Wildman–Crippen MR) is 90.1 cm³/mol. The number of allylic oxidation sites excluding steroid dienone is 2. The molecule has 1 aliphatic heterocycles. The fraction of sp³-hybridized carbons (Fsp3) is 0.789. The first-order valence-corrected chi connectivity index (χ1v) is 9.60. The van der Waals surface area contributed by atoms with Crippen molar-refractivity contribution in [3.63, 3.8) is 0 Å². The Hall–Kier alpha value is -1.36. The Balaban J connectivity index is 1.38. The summed E-state index contributed by atoms with van der Waals surface area (Å²) in [5.74, 6) is 0.187. The molecule has 4 rings (SSSR count). The van der Waals surface area contributed by atoms with E-state index in [1.807, 2.05) is 0 Å². The second kappa shape index (κ2) is 6.87. The summed E-state index contributed by atoms with van der Waals surface area (Å²) >= 11 is 0. The normalized spacial score (nSPS) is 37.9. The second-order valence-electron chi connectivity index (χ2n) is 7.87. The number of hydrogen-bond donors (Lipinski definition) is 2. The van der Waals surface area contributed by atoms with Crippen LogP contribution in [0, 0.1) is 23.7 Å². The van der Waals surface area contributed by atoms with Crippen LogP contribution in [0.5, 0.6) is 0 Å². The number of fused-ring (bicyclic) bond motifs is 2. The third-order valence-electron chi connectivity index (χ3n) is 6.29. The van der Waals surface area contributed by atoms with E-state index in [4.69, 9.17) is 4.74 Å². The van der Waals surface area contributed by atoms with Gasteiger partial charge >= 0.3 is 0 Å². The number of carbonyl (C=O) groups is 2. The summed E-state index contributed by atoms with van der Waals surface area (Å²) in [5, 5.41) is 6.26. The molecule has 0 spiro atoms. The van der Waals surface area contributed by atoms with Gasteiger partial charge in [-0.2, -0.15) is 0 Å². The molecule has 5 nitrogen and oxygen atoms in total. The van der Waals surface area contributed by atoms with Gasteiger partial charge in [0.1, 0.15) is 0 Å². The van der Waals surface area contributed by atoms with Gasteiger partial charge in [0, 0.05) is 19.2 Å². The fourth-order valence-corrected chi connectivity index (χ4v) is 5.04. The Labute approximate surface area is 143 Å². The van der Waals surface area contributed by atoms with Crippen LogP contribution in [0.25, 0.3) is 0 Å². The van der Waals surface area contributed by atoms with Gasteiger partial charge in [-0.15, -0.1) is 0 Å². The standard InChI is InChI=1S/C19H28N2O3/c22-18(20-11-15-6-3-9-24-15)16-12-7-8-13(10-12)17(16)19(23)21-14-4-1-2-5-14/h7-8,12-17H,1-6,9-11H2,(H,20,22)(H,21,23). The monoisotopic (exact) mass is 332 g/mol. The summed E-state index contributed by atoms with van der Waals surface area (Å²) < 4.78 is 5.58. The molecular weight excluding hydrogens is 304 g/mol. The zero-order chi connectivity index (χ0) is 16.5. The molecule has 3 aliphatic carbocycles. The zero-order valence-corrected chi connectivity index (χ0v) is 14.2. The summed E-state index contributed by atoms with van der Waals surface area (Å²) in [7, 11) is 0. The van der Waals surface area contributed by atoms with Crippen LogP contribution in [-0.2, 0) is 14.3 Å². The number of hydrogen-bond acceptors (Lipinski definition) is 3. The van der Waals surface area contributed by atoms with E-state index in [0.29, 0.717) is 12.6 Å². The van der Waals surface area contributed by atoms with E-state index in [-0.39, 0.29) is 41.6 Å². The van der Waals surface area contributed by atoms with Gasteiger partial charge < -0.3 is 15.4 Å². The van der Waals surface area contributed by atoms with E-state index in [1.54, 1.807) is 0 Å². The van der Waals surface area contributed by atoms with Crippen molar-refractivity contribution in [2.45, 2.75) is 57.1 Å². The van der Waals surface area contributed by atoms with Gasteiger partial charge in [-0.1, -0.05) is 25.0 Å². The number of rotatable bonds is 5. The van der Waals surface area contributed by atoms with E-state index < -0.39 is 0 Å². The lowest BCUT2D eigenvalue weighted by atomic mass is 9.81. The van der Waals surface area contributed by atoms with Crippen LogP contribution in [0.15, 0.2) is 12.2 Å². The Morgan fingerprint density at radius 3 is 2.33 bits per heavy atom. The van der Waals surface area contributed by atoms with E-state index in [2.05, 4.69) is 22.8 Å². The third kappa shape index (κ3) is 3.10. The molecule has 2 N–H and O–H groups in total. The molecule has 2 bridgehead atoms. The van der Waals surface area contributed by atoms with Crippen LogP contribution in [0.2, 0.25) is 0 Å². The molecule has 0 aromatic carbocycles. The van der Waals surface area contributed by atoms with E-state index in [9.17, 15) is 9.59 Å². The Morgan fingerprint density at radius 2 is 1.67 bits per heavy atom. The van der Waals surface area contributed by atoms with E-state index >= 15 is 0 Å². The molecule has 0 aromatic rings. The topological polar surface area (TPSA) is 67.4 Å². The summed E-state index contributed by atoms with van der Waals surface area (Å²) in [6, 6.07) is 0.316. The van der Waals surface area contributed by atoms with Gasteiger partial charge in [0.15, 0.2) is 0 Å². The van der Waals surface area contributed by atoms with Crippen LogP contribution < -0.4 is 10.6 Å². The summed E-state index contributed by atoms with van der Waals surface area (Å²) in [6.45, 7) is 1.37. The smallest absolute Gasteiger partial charge is 0.224 e. The van der Waals surface area contributed by atoms with Crippen LogP contribution >= 0.6 is 0 Å². The highest BCUT2D eigenvalue weighted by Crippen LogP contribution is 2.48. The van der Waals surface area contributed by atoms with Gasteiger partial charge in [0.25, 0.3) is 0 Å². The Bertz CT molecular complexity index is 521. The highest BCUT2D eigenvalue weighted by Gasteiger charge is 2.51. The maximum Gasteiger partial charge on any atom is 0.224 e. The minimum atomic E-state index is -0.206. The molecule has 4 aliphatic rings. The second-order valence-corrected chi connectivity index (χ2v) is 7.87. The average molecular weight is 332 g/mol. The molecule has 2 amide bonds. The lowest BCUT2D eigenvalue weighted by molar-refractivity contribution is -0.136. The van der Waals surface area contributed by atoms with Crippen molar-refractivity contribution in [2.75, 3.05) is 13.2 Å². The van der Waals surface area contributed by atoms with Gasteiger partial charge in [-0.05, 0) is 43.9 Å². The van der Waals surface area contributed by atoms with E-state index in [1.165, 1.54) is 12.8 Å². The number of carbonyl (C=O) groups excluding carboxylic acids is 2. The fourth-order valence-electron chi connectivity index (χ4n) is 5.04. The van der Waals surface area contributed by atoms with Crippen molar-refractivity contribution < 1.29 is 14.3 Å². The Kier molecular flexibility index (Phi) is 4.61. The third-order valence-corrected chi connectivity index (χ3v) is 6.29. The maximum atomic E-state index is 12.8. The number of nitrogens with one attached hydrogen (secondary N) is 2. The molecule has 0 aromatic heterocycles. The first-order valence-electron chi connectivity index (χ1n) is 9.60. The molecule has 5 unspecified atom stereocenters. The minimum absolute atomic E-state index is 0.0360. The first kappa shape index (κ1) is 16.1. The Morgan fingerprint density at radius 1 is 0.958 bits per heavy atom. The number of amides is 2. The van der Waals surface area contributed by atoms with Crippen LogP contribution in [-0.4, -0.2) is 37.1 Å². The van der Waals surface area contributed by atoms with Crippen molar-refractivity contribution in [3.05, 3.63) is 12.2 Å². The SMILES string of the molecule is O=C(NCC1CCCO1)C1C2C=CC(C2)C1C(=O)NC1CCCC1. The van der Waals surface area contributed by atoms with Crippen molar-refractivity contribution >= 4 is 11.8 Å². The molecule has 5 heteroatoms. The largest absolute Gasteiger partial charge is 0.376 e. The number of ether oxygens (including phenoxy) is 1. The first-order chi connectivity index (χ1) is 11.7. The van der Waals surface area contributed by atoms with Crippen LogP contribution in [0.1, 0.15) is 44.9 Å². The van der Waals surface area contributed by atoms with Gasteiger partial charge in [-0.25, -0.2) is 0 Å². The quantitative estimate of drug-likeness (QED) is 0.754. The average Bonchev–Trinajstić information content (AvgIpc) is 3.36. The van der Waals surface area contributed by atoms with Crippen molar-refractivity contribution in [2.24, 2.45) is 23.7 Å². The molecule has 132 valence electrons. The highest BCUT2D eigenvalue weighted by molar-refractivity contribution is 5.89. The molecule has 24 heavy (non-hydrogen) atoms. The van der Waals surface area contributed by atoms with Crippen LogP contribution in [0.4, 0.5) is 0 Å². The molecule has 0 radical (unpaired) electrons. The van der Waals surface area contributed by atoms with Gasteiger partial charge in [-0.3, -0.25) is 9.59 Å². The molecule has 3 fully saturated rings. The van der Waals surface area contributed by atoms with Crippen molar-refractivity contribution in [3.8, 4) is 0 Å². The summed E-state index contributed by atoms with van der Waals surface area (Å²) in [4.78, 5) is 25.6. The maximum absolute atomic E-state index is 12.8. The molecule has 5 atom stereocenters. The lowest BCUT2D eigenvalue weighted by Gasteiger charge is -2.28. The molecular formula is C19H28N2O3. The predicted octanol–water partition coefficient (Wildman–Crippen LogP) is 1.78. The van der Waals surface area contributed by atoms with Crippen molar-refractivity contribution in [1.29, 1.82) is 0 Å². The molecule has 1 heterocycles. The van der Waals surface area contributed by atoms with Gasteiger partial charge in [0.05, 0.1) is 17.9 Å². The van der Waals surface area contributed by atoms with E-state index in [0.717, 1.165) is 38.7 Å². The minimum Gasteiger partial charge on any atom is -0.376 e. The summed E-state index contributed by atoms with van der Waals surface area (Å²) in [5.41, 5.74) is 0. The summed E-state index contributed by atoms with van der Waals surface area (Å²) in [6.07, 6.45) is 12.0. The van der Waals surface area contributed by atoms with Gasteiger partial charge in [0.2, 0.25) is 11.8 Å². The molecule has 2 saturated carbocycles.